The van der Waals surface area contributed by atoms with Gasteiger partial charge < -0.3 is 4.90 Å². The molecular formula is C19H20F2N2O. The number of pyridine rings is 1. The number of nitrogens with zero attached hydrogens (tertiary/aromatic N) is 2. The highest BCUT2D eigenvalue weighted by Gasteiger charge is 2.24. The van der Waals surface area contributed by atoms with Crippen molar-refractivity contribution >= 4 is 5.91 Å². The summed E-state index contributed by atoms with van der Waals surface area (Å²) in [6, 6.07) is 7.79. The molecule has 1 amide bonds. The topological polar surface area (TPSA) is 33.2 Å². The van der Waals surface area contributed by atoms with Gasteiger partial charge in [-0.3, -0.25) is 9.78 Å². The molecule has 1 saturated heterocycles. The average Bonchev–Trinajstić information content (AvgIpc) is 2.61. The standard InChI is InChI=1S/C19H20F2N2O/c20-17-7-5-14(6-8-17)3-4-15-2-1-9-23(13-15)19(24)16-10-18(21)12-22-11-16/h5-8,10-12,15H,1-4,9,13H2. The SMILES string of the molecule is O=C(c1cncc(F)c1)N1CCCC(CCc2ccc(F)cc2)C1. The van der Waals surface area contributed by atoms with Gasteiger partial charge in [-0.2, -0.15) is 0 Å². The van der Waals surface area contributed by atoms with E-state index in [9.17, 15) is 13.6 Å². The molecule has 1 unspecified atom stereocenters. The second-order valence-electron chi connectivity index (χ2n) is 6.32. The molecule has 1 fully saturated rings. The van der Waals surface area contributed by atoms with Crippen molar-refractivity contribution in [3.05, 3.63) is 65.5 Å². The average molecular weight is 330 g/mol. The van der Waals surface area contributed by atoms with E-state index in [0.717, 1.165) is 37.4 Å². The van der Waals surface area contributed by atoms with Crippen molar-refractivity contribution in [2.24, 2.45) is 5.92 Å². The van der Waals surface area contributed by atoms with Gasteiger partial charge in [0, 0.05) is 19.3 Å². The predicted molar refractivity (Wildman–Crippen MR) is 87.5 cm³/mol. The minimum Gasteiger partial charge on any atom is -0.338 e. The van der Waals surface area contributed by atoms with Crippen LogP contribution in [-0.4, -0.2) is 28.9 Å². The van der Waals surface area contributed by atoms with Crippen molar-refractivity contribution in [3.63, 3.8) is 0 Å². The molecule has 0 N–H and O–H groups in total. The van der Waals surface area contributed by atoms with Gasteiger partial charge in [0.05, 0.1) is 11.8 Å². The Morgan fingerprint density at radius 2 is 1.96 bits per heavy atom. The lowest BCUT2D eigenvalue weighted by Gasteiger charge is -2.33. The normalized spacial score (nSPS) is 17.8. The van der Waals surface area contributed by atoms with E-state index in [-0.39, 0.29) is 11.7 Å². The molecule has 3 rings (SSSR count). The summed E-state index contributed by atoms with van der Waals surface area (Å²) in [5, 5.41) is 0. The van der Waals surface area contributed by atoms with Crippen LogP contribution in [0.3, 0.4) is 0 Å². The Morgan fingerprint density at radius 1 is 1.17 bits per heavy atom. The first kappa shape index (κ1) is 16.6. The smallest absolute Gasteiger partial charge is 0.255 e. The third kappa shape index (κ3) is 4.16. The number of amides is 1. The fourth-order valence-corrected chi connectivity index (χ4v) is 3.22. The fourth-order valence-electron chi connectivity index (χ4n) is 3.22. The summed E-state index contributed by atoms with van der Waals surface area (Å²) in [6.07, 6.45) is 6.35. The first-order valence-corrected chi connectivity index (χ1v) is 8.26. The lowest BCUT2D eigenvalue weighted by molar-refractivity contribution is 0.0667. The van der Waals surface area contributed by atoms with E-state index in [2.05, 4.69) is 4.98 Å². The maximum atomic E-state index is 13.2. The molecule has 1 aromatic heterocycles. The van der Waals surface area contributed by atoms with E-state index >= 15 is 0 Å². The van der Waals surface area contributed by atoms with Gasteiger partial charge >= 0.3 is 0 Å². The summed E-state index contributed by atoms with van der Waals surface area (Å²) in [7, 11) is 0. The maximum Gasteiger partial charge on any atom is 0.255 e. The molecule has 24 heavy (non-hydrogen) atoms. The Labute approximate surface area is 140 Å². The van der Waals surface area contributed by atoms with Crippen molar-refractivity contribution in [1.29, 1.82) is 0 Å². The molecule has 0 saturated carbocycles. The molecule has 1 aromatic carbocycles. The molecule has 1 aliphatic rings. The monoisotopic (exact) mass is 330 g/mol. The zero-order valence-electron chi connectivity index (χ0n) is 13.4. The number of carbonyl (C=O) groups excluding carboxylic acids is 1. The first-order valence-electron chi connectivity index (χ1n) is 8.26. The zero-order valence-corrected chi connectivity index (χ0v) is 13.4. The maximum absolute atomic E-state index is 13.2. The lowest BCUT2D eigenvalue weighted by Crippen LogP contribution is -2.40. The van der Waals surface area contributed by atoms with Gasteiger partial charge in [0.1, 0.15) is 11.6 Å². The van der Waals surface area contributed by atoms with Crippen LogP contribution in [0.25, 0.3) is 0 Å². The van der Waals surface area contributed by atoms with Crippen molar-refractivity contribution in [1.82, 2.24) is 9.88 Å². The summed E-state index contributed by atoms with van der Waals surface area (Å²) < 4.78 is 26.2. The van der Waals surface area contributed by atoms with Crippen LogP contribution in [0.1, 0.15) is 35.2 Å². The van der Waals surface area contributed by atoms with Gasteiger partial charge in [-0.05, 0) is 55.4 Å². The van der Waals surface area contributed by atoms with Gasteiger partial charge in [0.15, 0.2) is 0 Å². The van der Waals surface area contributed by atoms with Crippen molar-refractivity contribution in [2.75, 3.05) is 13.1 Å². The second kappa shape index (κ2) is 7.51. The van der Waals surface area contributed by atoms with Crippen LogP contribution in [0, 0.1) is 17.6 Å². The van der Waals surface area contributed by atoms with Crippen LogP contribution in [0.4, 0.5) is 8.78 Å². The lowest BCUT2D eigenvalue weighted by atomic mass is 9.91. The number of piperidine rings is 1. The quantitative estimate of drug-likeness (QED) is 0.853. The molecule has 0 aliphatic carbocycles. The molecule has 1 aliphatic heterocycles. The van der Waals surface area contributed by atoms with E-state index in [4.69, 9.17) is 0 Å². The highest BCUT2D eigenvalue weighted by molar-refractivity contribution is 5.93. The van der Waals surface area contributed by atoms with Gasteiger partial charge in [-0.1, -0.05) is 12.1 Å². The highest BCUT2D eigenvalue weighted by atomic mass is 19.1. The molecular weight excluding hydrogens is 310 g/mol. The van der Waals surface area contributed by atoms with Gasteiger partial charge in [0.25, 0.3) is 5.91 Å². The predicted octanol–water partition coefficient (Wildman–Crippen LogP) is 3.84. The zero-order chi connectivity index (χ0) is 16.9. The number of hydrogen-bond donors (Lipinski definition) is 0. The van der Waals surface area contributed by atoms with Crippen LogP contribution < -0.4 is 0 Å². The molecule has 5 heteroatoms. The van der Waals surface area contributed by atoms with E-state index in [1.165, 1.54) is 24.4 Å². The van der Waals surface area contributed by atoms with Crippen molar-refractivity contribution in [2.45, 2.75) is 25.7 Å². The number of aryl methyl sites for hydroxylation is 1. The number of halogens is 2. The Morgan fingerprint density at radius 3 is 2.71 bits per heavy atom. The summed E-state index contributed by atoms with van der Waals surface area (Å²) in [5.41, 5.74) is 1.41. The highest BCUT2D eigenvalue weighted by Crippen LogP contribution is 2.23. The Kier molecular flexibility index (Phi) is 5.18. The number of likely N-dealkylation sites (tertiary alicyclic amines) is 1. The minimum absolute atomic E-state index is 0.159. The van der Waals surface area contributed by atoms with E-state index in [1.807, 2.05) is 0 Å². The summed E-state index contributed by atoms with van der Waals surface area (Å²) >= 11 is 0. The molecule has 0 radical (unpaired) electrons. The fraction of sp³-hybridized carbons (Fsp3) is 0.368. The van der Waals surface area contributed by atoms with E-state index in [1.54, 1.807) is 17.0 Å². The molecule has 2 aromatic rings. The Bertz CT molecular complexity index is 703. The summed E-state index contributed by atoms with van der Waals surface area (Å²) in [5.74, 6) is -0.467. The van der Waals surface area contributed by atoms with Crippen LogP contribution in [0.5, 0.6) is 0 Å². The first-order chi connectivity index (χ1) is 11.6. The van der Waals surface area contributed by atoms with Crippen LogP contribution in [0.15, 0.2) is 42.7 Å². The Balaban J connectivity index is 1.57. The molecule has 126 valence electrons. The summed E-state index contributed by atoms with van der Waals surface area (Å²) in [6.45, 7) is 1.37. The number of benzene rings is 1. The number of hydrogen-bond acceptors (Lipinski definition) is 2. The summed E-state index contributed by atoms with van der Waals surface area (Å²) in [4.78, 5) is 18.0. The van der Waals surface area contributed by atoms with Gasteiger partial charge in [-0.25, -0.2) is 8.78 Å². The van der Waals surface area contributed by atoms with Crippen LogP contribution >= 0.6 is 0 Å². The molecule has 1 atom stereocenters. The largest absolute Gasteiger partial charge is 0.338 e. The van der Waals surface area contributed by atoms with Crippen molar-refractivity contribution < 1.29 is 13.6 Å². The molecule has 3 nitrogen and oxygen atoms in total. The molecule has 0 spiro atoms. The number of rotatable bonds is 4. The van der Waals surface area contributed by atoms with Crippen LogP contribution in [-0.2, 0) is 6.42 Å². The minimum atomic E-state index is -0.495. The molecule has 0 bridgehead atoms. The van der Waals surface area contributed by atoms with E-state index in [0.29, 0.717) is 24.6 Å². The number of aromatic nitrogens is 1. The van der Waals surface area contributed by atoms with E-state index < -0.39 is 5.82 Å². The van der Waals surface area contributed by atoms with Gasteiger partial charge in [0.2, 0.25) is 0 Å². The molecule has 2 heterocycles. The number of carbonyl (C=O) groups is 1. The second-order valence-corrected chi connectivity index (χ2v) is 6.32. The van der Waals surface area contributed by atoms with Crippen LogP contribution in [0.2, 0.25) is 0 Å². The van der Waals surface area contributed by atoms with Crippen molar-refractivity contribution in [3.8, 4) is 0 Å². The third-order valence-corrected chi connectivity index (χ3v) is 4.51. The Hall–Kier alpha value is -2.30. The van der Waals surface area contributed by atoms with Gasteiger partial charge in [-0.15, -0.1) is 0 Å². The third-order valence-electron chi connectivity index (χ3n) is 4.51.